The molecule has 0 aromatic heterocycles. The van der Waals surface area contributed by atoms with Gasteiger partial charge in [-0.3, -0.25) is 4.79 Å². The number of ether oxygens (including phenoxy) is 2. The van der Waals surface area contributed by atoms with Crippen molar-refractivity contribution in [3.63, 3.8) is 0 Å². The first kappa shape index (κ1) is 18.1. The minimum Gasteiger partial charge on any atom is -0.493 e. The lowest BCUT2D eigenvalue weighted by atomic mass is 10.2. The van der Waals surface area contributed by atoms with Gasteiger partial charge in [-0.25, -0.2) is 5.43 Å². The molecular weight excluding hydrogens is 351 g/mol. The molecule has 0 aliphatic heterocycles. The highest BCUT2D eigenvalue weighted by Crippen LogP contribution is 2.27. The summed E-state index contributed by atoms with van der Waals surface area (Å²) in [7, 11) is 0. The third kappa shape index (κ3) is 5.44. The van der Waals surface area contributed by atoms with E-state index >= 15 is 0 Å². The zero-order valence-corrected chi connectivity index (χ0v) is 14.5. The van der Waals surface area contributed by atoms with Crippen LogP contribution in [0.15, 0.2) is 47.6 Å². The van der Waals surface area contributed by atoms with Crippen LogP contribution in [0.4, 0.5) is 0 Å². The van der Waals surface area contributed by atoms with Gasteiger partial charge in [-0.1, -0.05) is 35.3 Å². The van der Waals surface area contributed by atoms with E-state index in [4.69, 9.17) is 32.7 Å². The van der Waals surface area contributed by atoms with Gasteiger partial charge < -0.3 is 9.47 Å². The smallest absolute Gasteiger partial charge is 0.277 e. The van der Waals surface area contributed by atoms with Gasteiger partial charge in [0, 0.05) is 10.6 Å². The summed E-state index contributed by atoms with van der Waals surface area (Å²) in [5.41, 5.74) is 3.15. The molecule has 126 valence electrons. The minimum absolute atomic E-state index is 0.216. The summed E-state index contributed by atoms with van der Waals surface area (Å²) in [6.45, 7) is 2.23. The molecule has 0 saturated carbocycles. The van der Waals surface area contributed by atoms with Crippen LogP contribution in [0.3, 0.4) is 0 Å². The molecule has 7 heteroatoms. The summed E-state index contributed by atoms with van der Waals surface area (Å²) in [4.78, 5) is 11.7. The van der Waals surface area contributed by atoms with E-state index < -0.39 is 5.91 Å². The number of halogens is 2. The Kier molecular flexibility index (Phi) is 6.90. The van der Waals surface area contributed by atoms with E-state index in [1.165, 1.54) is 6.21 Å². The number of nitrogens with one attached hydrogen (secondary N) is 1. The molecule has 0 fully saturated rings. The zero-order chi connectivity index (χ0) is 17.4. The quantitative estimate of drug-likeness (QED) is 0.596. The third-order valence-electron chi connectivity index (χ3n) is 2.86. The van der Waals surface area contributed by atoms with Crippen molar-refractivity contribution >= 4 is 35.3 Å². The second kappa shape index (κ2) is 9.15. The van der Waals surface area contributed by atoms with Crippen molar-refractivity contribution in [1.82, 2.24) is 5.43 Å². The fourth-order valence-electron chi connectivity index (χ4n) is 1.82. The van der Waals surface area contributed by atoms with Crippen LogP contribution in [-0.4, -0.2) is 25.3 Å². The van der Waals surface area contributed by atoms with Crippen LogP contribution in [0.5, 0.6) is 11.5 Å². The van der Waals surface area contributed by atoms with E-state index in [2.05, 4.69) is 10.5 Å². The van der Waals surface area contributed by atoms with Gasteiger partial charge in [0.15, 0.2) is 6.61 Å². The predicted molar refractivity (Wildman–Crippen MR) is 95.3 cm³/mol. The number of benzene rings is 2. The molecule has 0 bridgehead atoms. The number of hydrazone groups is 1. The maximum atomic E-state index is 11.7. The second-order valence-corrected chi connectivity index (χ2v) is 5.47. The number of para-hydroxylation sites is 1. The Balaban J connectivity index is 1.87. The molecule has 0 radical (unpaired) electrons. The van der Waals surface area contributed by atoms with Gasteiger partial charge in [0.25, 0.3) is 5.91 Å². The molecule has 0 atom stereocenters. The number of carbonyl (C=O) groups excluding carboxylic acids is 1. The summed E-state index contributed by atoms with van der Waals surface area (Å²) >= 11 is 11.8. The molecule has 5 nitrogen and oxygen atoms in total. The molecule has 0 aliphatic carbocycles. The van der Waals surface area contributed by atoms with Crippen LogP contribution in [0.1, 0.15) is 12.5 Å². The van der Waals surface area contributed by atoms with Crippen molar-refractivity contribution in [2.24, 2.45) is 5.10 Å². The fourth-order valence-corrected chi connectivity index (χ4v) is 2.28. The predicted octanol–water partition coefficient (Wildman–Crippen LogP) is 3.92. The van der Waals surface area contributed by atoms with Crippen molar-refractivity contribution in [3.8, 4) is 11.5 Å². The minimum atomic E-state index is -0.411. The van der Waals surface area contributed by atoms with Gasteiger partial charge in [0.05, 0.1) is 17.8 Å². The van der Waals surface area contributed by atoms with Crippen LogP contribution in [0.2, 0.25) is 10.0 Å². The summed E-state index contributed by atoms with van der Waals surface area (Å²) < 4.78 is 10.8. The average Bonchev–Trinajstić information content (AvgIpc) is 2.56. The molecule has 0 heterocycles. The van der Waals surface area contributed by atoms with Crippen molar-refractivity contribution in [3.05, 3.63) is 58.1 Å². The van der Waals surface area contributed by atoms with Crippen LogP contribution in [0, 0.1) is 0 Å². The molecule has 0 spiro atoms. The number of hydrogen-bond acceptors (Lipinski definition) is 4. The number of rotatable bonds is 7. The van der Waals surface area contributed by atoms with Crippen molar-refractivity contribution in [1.29, 1.82) is 0 Å². The van der Waals surface area contributed by atoms with E-state index in [1.54, 1.807) is 18.2 Å². The van der Waals surface area contributed by atoms with Crippen molar-refractivity contribution in [2.45, 2.75) is 6.92 Å². The maximum Gasteiger partial charge on any atom is 0.277 e. The van der Waals surface area contributed by atoms with E-state index in [9.17, 15) is 4.79 Å². The Hall–Kier alpha value is -2.24. The summed E-state index contributed by atoms with van der Waals surface area (Å²) in [6, 6.07) is 12.2. The van der Waals surface area contributed by atoms with Gasteiger partial charge in [0.1, 0.15) is 11.5 Å². The lowest BCUT2D eigenvalue weighted by Gasteiger charge is -2.07. The van der Waals surface area contributed by atoms with Gasteiger partial charge in [-0.15, -0.1) is 0 Å². The Morgan fingerprint density at radius 3 is 2.71 bits per heavy atom. The lowest BCUT2D eigenvalue weighted by Crippen LogP contribution is -2.24. The Morgan fingerprint density at radius 2 is 1.96 bits per heavy atom. The molecule has 2 aromatic rings. The topological polar surface area (TPSA) is 59.9 Å². The Bertz CT molecular complexity index is 736. The van der Waals surface area contributed by atoms with Gasteiger partial charge in [-0.05, 0) is 37.3 Å². The molecule has 0 aliphatic rings. The van der Waals surface area contributed by atoms with E-state index in [0.29, 0.717) is 28.2 Å². The highest BCUT2D eigenvalue weighted by molar-refractivity contribution is 6.35. The van der Waals surface area contributed by atoms with Crippen LogP contribution in [-0.2, 0) is 4.79 Å². The molecule has 2 aromatic carbocycles. The highest BCUT2D eigenvalue weighted by atomic mass is 35.5. The third-order valence-corrected chi connectivity index (χ3v) is 3.39. The first-order valence-corrected chi connectivity index (χ1v) is 7.97. The second-order valence-electron chi connectivity index (χ2n) is 4.63. The van der Waals surface area contributed by atoms with Crippen LogP contribution in [0.25, 0.3) is 0 Å². The number of carbonyl (C=O) groups is 1. The van der Waals surface area contributed by atoms with E-state index in [1.807, 2.05) is 31.2 Å². The molecule has 1 amide bonds. The van der Waals surface area contributed by atoms with Crippen molar-refractivity contribution in [2.75, 3.05) is 13.2 Å². The lowest BCUT2D eigenvalue weighted by molar-refractivity contribution is -0.123. The van der Waals surface area contributed by atoms with Gasteiger partial charge in [-0.2, -0.15) is 5.10 Å². The SMILES string of the molecule is CCOc1ccccc1/C=N\NC(=O)COc1ccc(Cl)cc1Cl. The fraction of sp³-hybridized carbons (Fsp3) is 0.176. The highest BCUT2D eigenvalue weighted by Gasteiger charge is 2.06. The first-order valence-electron chi connectivity index (χ1n) is 7.21. The summed E-state index contributed by atoms with van der Waals surface area (Å²) in [5.74, 6) is 0.662. The average molecular weight is 367 g/mol. The molecule has 1 N–H and O–H groups in total. The summed E-state index contributed by atoms with van der Waals surface area (Å²) in [6.07, 6.45) is 1.51. The largest absolute Gasteiger partial charge is 0.493 e. The monoisotopic (exact) mass is 366 g/mol. The van der Waals surface area contributed by atoms with Gasteiger partial charge in [0.2, 0.25) is 0 Å². The Morgan fingerprint density at radius 1 is 1.17 bits per heavy atom. The Labute approximate surface area is 150 Å². The normalized spacial score (nSPS) is 10.6. The number of nitrogens with zero attached hydrogens (tertiary/aromatic N) is 1. The van der Waals surface area contributed by atoms with Crippen LogP contribution < -0.4 is 14.9 Å². The van der Waals surface area contributed by atoms with Gasteiger partial charge >= 0.3 is 0 Å². The molecule has 0 saturated heterocycles. The summed E-state index contributed by atoms with van der Waals surface area (Å²) in [5, 5.41) is 4.73. The van der Waals surface area contributed by atoms with Crippen molar-refractivity contribution < 1.29 is 14.3 Å². The van der Waals surface area contributed by atoms with E-state index in [-0.39, 0.29) is 6.61 Å². The van der Waals surface area contributed by atoms with E-state index in [0.717, 1.165) is 5.56 Å². The number of hydrogen-bond donors (Lipinski definition) is 1. The standard InChI is InChI=1S/C17H16Cl2N2O3/c1-2-23-15-6-4-3-5-12(15)10-20-21-17(22)11-24-16-8-7-13(18)9-14(16)19/h3-10H,2,11H2,1H3,(H,21,22)/b20-10-. The zero-order valence-electron chi connectivity index (χ0n) is 13.0. The molecule has 0 unspecified atom stereocenters. The molecule has 2 rings (SSSR count). The van der Waals surface area contributed by atoms with Crippen LogP contribution >= 0.6 is 23.2 Å². The molecular formula is C17H16Cl2N2O3. The maximum absolute atomic E-state index is 11.7. The number of amides is 1. The molecule has 24 heavy (non-hydrogen) atoms. The first-order chi connectivity index (χ1) is 11.6.